The molecule has 2 aromatic rings. The van der Waals surface area contributed by atoms with E-state index in [1.54, 1.807) is 6.07 Å². The van der Waals surface area contributed by atoms with Crippen LogP contribution in [0.25, 0.3) is 0 Å². The van der Waals surface area contributed by atoms with Crippen LogP contribution in [-0.2, 0) is 0 Å². The number of nitrogens with two attached hydrogens (primary N) is 1. The lowest BCUT2D eigenvalue weighted by Gasteiger charge is -2.13. The number of rotatable bonds is 2. The number of nitrogen functional groups attached to an aromatic ring is 1. The number of ether oxygens (including phenoxy) is 1. The summed E-state index contributed by atoms with van der Waals surface area (Å²) in [7, 11) is 0. The molecular weight excluding hydrogens is 250 g/mol. The molecule has 102 valence electrons. The zero-order valence-electron chi connectivity index (χ0n) is 12.1. The highest BCUT2D eigenvalue weighted by molar-refractivity contribution is 5.56. The molecule has 0 unspecified atom stereocenters. The van der Waals surface area contributed by atoms with E-state index < -0.39 is 0 Å². The molecule has 2 rings (SSSR count). The van der Waals surface area contributed by atoms with Gasteiger partial charge in [0.2, 0.25) is 5.88 Å². The van der Waals surface area contributed by atoms with Crippen molar-refractivity contribution in [3.63, 3.8) is 0 Å². The molecule has 0 saturated carbocycles. The fourth-order valence-corrected chi connectivity index (χ4v) is 2.07. The maximum atomic E-state index is 9.24. The van der Waals surface area contributed by atoms with Crippen LogP contribution >= 0.6 is 0 Å². The summed E-state index contributed by atoms with van der Waals surface area (Å²) in [6, 6.07) is 7.73. The average molecular weight is 267 g/mol. The predicted octanol–water partition coefficient (Wildman–Crippen LogP) is 3.56. The summed E-state index contributed by atoms with van der Waals surface area (Å²) in [5, 5.41) is 9.24. The molecule has 0 spiro atoms. The van der Waals surface area contributed by atoms with Crippen molar-refractivity contribution in [2.75, 3.05) is 5.73 Å². The minimum Gasteiger partial charge on any atom is -0.437 e. The second-order valence-corrected chi connectivity index (χ2v) is 4.95. The first-order valence-corrected chi connectivity index (χ1v) is 6.35. The summed E-state index contributed by atoms with van der Waals surface area (Å²) in [5.74, 6) is 0.957. The van der Waals surface area contributed by atoms with Crippen LogP contribution in [0.15, 0.2) is 18.2 Å². The lowest BCUT2D eigenvalue weighted by Crippen LogP contribution is -1.99. The van der Waals surface area contributed by atoms with Gasteiger partial charge in [0.25, 0.3) is 0 Å². The standard InChI is InChI=1S/C16H17N3O/c1-9-6-12(4)19-16(13(9)8-17)20-15-7-14(18)10(2)5-11(15)3/h5-7H,18H2,1-4H3. The SMILES string of the molecule is Cc1cc(C)c(C#N)c(Oc2cc(N)c(C)cc2C)n1. The smallest absolute Gasteiger partial charge is 0.237 e. The van der Waals surface area contributed by atoms with Crippen molar-refractivity contribution >= 4 is 5.69 Å². The molecular formula is C16H17N3O. The zero-order chi connectivity index (χ0) is 14.9. The summed E-state index contributed by atoms with van der Waals surface area (Å²) in [4.78, 5) is 4.31. The molecule has 4 heteroatoms. The Labute approximate surface area is 118 Å². The van der Waals surface area contributed by atoms with E-state index >= 15 is 0 Å². The predicted molar refractivity (Wildman–Crippen MR) is 78.8 cm³/mol. The van der Waals surface area contributed by atoms with Gasteiger partial charge in [-0.25, -0.2) is 4.98 Å². The van der Waals surface area contributed by atoms with E-state index in [9.17, 15) is 5.26 Å². The first-order chi connectivity index (χ1) is 9.42. The topological polar surface area (TPSA) is 71.9 Å². The number of hydrogen-bond donors (Lipinski definition) is 1. The van der Waals surface area contributed by atoms with E-state index in [0.717, 1.165) is 22.4 Å². The van der Waals surface area contributed by atoms with Crippen LogP contribution in [0, 0.1) is 39.0 Å². The van der Waals surface area contributed by atoms with Gasteiger partial charge in [-0.05, 0) is 50.5 Å². The first kappa shape index (κ1) is 13.9. The number of hydrogen-bond acceptors (Lipinski definition) is 4. The molecule has 0 aliphatic rings. The summed E-state index contributed by atoms with van der Waals surface area (Å²) in [6.45, 7) is 7.63. The highest BCUT2D eigenvalue weighted by atomic mass is 16.5. The average Bonchev–Trinajstić information content (AvgIpc) is 2.35. The van der Waals surface area contributed by atoms with Crippen LogP contribution in [-0.4, -0.2) is 4.98 Å². The van der Waals surface area contributed by atoms with Crippen molar-refractivity contribution in [2.24, 2.45) is 0 Å². The second-order valence-electron chi connectivity index (χ2n) is 4.95. The Bertz CT molecular complexity index is 715. The van der Waals surface area contributed by atoms with Crippen LogP contribution in [0.2, 0.25) is 0 Å². The summed E-state index contributed by atoms with van der Waals surface area (Å²) >= 11 is 0. The number of aryl methyl sites for hydroxylation is 4. The van der Waals surface area contributed by atoms with Crippen LogP contribution in [0.4, 0.5) is 5.69 Å². The van der Waals surface area contributed by atoms with Gasteiger partial charge in [-0.2, -0.15) is 5.26 Å². The monoisotopic (exact) mass is 267 g/mol. The Morgan fingerprint density at radius 3 is 2.40 bits per heavy atom. The van der Waals surface area contributed by atoms with Crippen molar-refractivity contribution in [3.05, 3.63) is 46.1 Å². The van der Waals surface area contributed by atoms with Gasteiger partial charge in [0.05, 0.1) is 0 Å². The summed E-state index contributed by atoms with van der Waals surface area (Å²) < 4.78 is 5.82. The van der Waals surface area contributed by atoms with Crippen LogP contribution in [0.5, 0.6) is 11.6 Å². The van der Waals surface area contributed by atoms with Crippen LogP contribution < -0.4 is 10.5 Å². The Balaban J connectivity index is 2.51. The Morgan fingerprint density at radius 2 is 1.75 bits per heavy atom. The molecule has 0 fully saturated rings. The van der Waals surface area contributed by atoms with Gasteiger partial charge < -0.3 is 10.5 Å². The van der Waals surface area contributed by atoms with Crippen molar-refractivity contribution in [1.82, 2.24) is 4.98 Å². The largest absolute Gasteiger partial charge is 0.437 e. The van der Waals surface area contributed by atoms with Crippen molar-refractivity contribution < 1.29 is 4.74 Å². The number of aromatic nitrogens is 1. The fraction of sp³-hybridized carbons (Fsp3) is 0.250. The van der Waals surface area contributed by atoms with Gasteiger partial charge in [0.15, 0.2) is 0 Å². The van der Waals surface area contributed by atoms with Crippen molar-refractivity contribution in [2.45, 2.75) is 27.7 Å². The summed E-state index contributed by atoms with van der Waals surface area (Å²) in [5.41, 5.74) is 10.7. The second kappa shape index (κ2) is 5.22. The van der Waals surface area contributed by atoms with Gasteiger partial charge in [0.1, 0.15) is 17.4 Å². The number of benzene rings is 1. The molecule has 0 aliphatic heterocycles. The first-order valence-electron chi connectivity index (χ1n) is 6.35. The van der Waals surface area contributed by atoms with E-state index in [-0.39, 0.29) is 0 Å². The van der Waals surface area contributed by atoms with Crippen molar-refractivity contribution in [1.29, 1.82) is 5.26 Å². The van der Waals surface area contributed by atoms with E-state index in [0.29, 0.717) is 22.9 Å². The number of nitriles is 1. The number of pyridine rings is 1. The summed E-state index contributed by atoms with van der Waals surface area (Å²) in [6.07, 6.45) is 0. The van der Waals surface area contributed by atoms with E-state index in [4.69, 9.17) is 10.5 Å². The molecule has 0 amide bonds. The fourth-order valence-electron chi connectivity index (χ4n) is 2.07. The minimum absolute atomic E-state index is 0.330. The molecule has 20 heavy (non-hydrogen) atoms. The lowest BCUT2D eigenvalue weighted by molar-refractivity contribution is 0.456. The maximum Gasteiger partial charge on any atom is 0.237 e. The molecule has 1 aromatic carbocycles. The van der Waals surface area contributed by atoms with Gasteiger partial charge in [-0.1, -0.05) is 6.07 Å². The van der Waals surface area contributed by atoms with E-state index in [1.807, 2.05) is 39.8 Å². The van der Waals surface area contributed by atoms with Gasteiger partial charge in [0, 0.05) is 17.4 Å². The van der Waals surface area contributed by atoms with Crippen molar-refractivity contribution in [3.8, 4) is 17.7 Å². The number of nitrogens with zero attached hydrogens (tertiary/aromatic N) is 2. The molecule has 4 nitrogen and oxygen atoms in total. The van der Waals surface area contributed by atoms with E-state index in [2.05, 4.69) is 11.1 Å². The Hall–Kier alpha value is -2.54. The third kappa shape index (κ3) is 2.57. The Morgan fingerprint density at radius 1 is 1.05 bits per heavy atom. The molecule has 0 atom stereocenters. The zero-order valence-corrected chi connectivity index (χ0v) is 12.1. The lowest BCUT2D eigenvalue weighted by atomic mass is 10.1. The minimum atomic E-state index is 0.330. The maximum absolute atomic E-state index is 9.24. The van der Waals surface area contributed by atoms with E-state index in [1.165, 1.54) is 0 Å². The van der Waals surface area contributed by atoms with Gasteiger partial charge in [-0.15, -0.1) is 0 Å². The third-order valence-corrected chi connectivity index (χ3v) is 3.19. The Kier molecular flexibility index (Phi) is 3.62. The molecule has 1 heterocycles. The quantitative estimate of drug-likeness (QED) is 0.844. The molecule has 2 N–H and O–H groups in total. The normalized spacial score (nSPS) is 10.2. The van der Waals surface area contributed by atoms with Gasteiger partial charge in [-0.3, -0.25) is 0 Å². The molecule has 0 aliphatic carbocycles. The van der Waals surface area contributed by atoms with Gasteiger partial charge >= 0.3 is 0 Å². The van der Waals surface area contributed by atoms with Crippen LogP contribution in [0.3, 0.4) is 0 Å². The molecule has 0 saturated heterocycles. The highest BCUT2D eigenvalue weighted by Gasteiger charge is 2.13. The highest BCUT2D eigenvalue weighted by Crippen LogP contribution is 2.31. The molecule has 1 aromatic heterocycles. The third-order valence-electron chi connectivity index (χ3n) is 3.19. The van der Waals surface area contributed by atoms with Crippen LogP contribution in [0.1, 0.15) is 27.9 Å². The number of anilines is 1. The molecule has 0 radical (unpaired) electrons. The molecule has 0 bridgehead atoms.